The Morgan fingerprint density at radius 3 is 2.41 bits per heavy atom. The Balaban J connectivity index is 1.57. The van der Waals surface area contributed by atoms with Crippen molar-refractivity contribution in [3.63, 3.8) is 0 Å². The predicted molar refractivity (Wildman–Crippen MR) is 148 cm³/mol. The Morgan fingerprint density at radius 2 is 1.77 bits per heavy atom. The van der Waals surface area contributed by atoms with E-state index in [4.69, 9.17) is 0 Å². The number of likely N-dealkylation sites (N-methyl/N-ethyl adjacent to an activating group) is 1. The maximum absolute atomic E-state index is 13.5. The highest BCUT2D eigenvalue weighted by Crippen LogP contribution is 2.29. The summed E-state index contributed by atoms with van der Waals surface area (Å²) in [4.78, 5) is 28.2. The molecule has 0 spiro atoms. The van der Waals surface area contributed by atoms with Gasteiger partial charge in [-0.25, -0.2) is 13.8 Å². The fourth-order valence-electron chi connectivity index (χ4n) is 5.06. The van der Waals surface area contributed by atoms with Crippen LogP contribution in [-0.4, -0.2) is 64.7 Å². The fourth-order valence-corrected chi connectivity index (χ4v) is 5.06. The molecule has 4 rings (SSSR count). The largest absolute Gasteiger partial charge is 0.355 e. The second kappa shape index (κ2) is 12.5. The van der Waals surface area contributed by atoms with Gasteiger partial charge in [0, 0.05) is 43.4 Å². The SMILES string of the molecule is CCCCCNC(=O)CN(CC(=O)N(C)N1Cc2ccccc2C1)c1cc2nn(CC(F)F)c(C)c2cc1C. The summed E-state index contributed by atoms with van der Waals surface area (Å²) in [6, 6.07) is 11.8. The van der Waals surface area contributed by atoms with Crippen molar-refractivity contribution in [1.29, 1.82) is 0 Å². The number of aromatic nitrogens is 2. The van der Waals surface area contributed by atoms with E-state index in [1.54, 1.807) is 29.9 Å². The van der Waals surface area contributed by atoms with Gasteiger partial charge in [-0.1, -0.05) is 44.0 Å². The number of benzene rings is 2. The molecule has 0 aliphatic carbocycles. The summed E-state index contributed by atoms with van der Waals surface area (Å²) in [6.07, 6.45) is 0.462. The van der Waals surface area contributed by atoms with Crippen molar-refractivity contribution < 1.29 is 18.4 Å². The van der Waals surface area contributed by atoms with Gasteiger partial charge in [-0.15, -0.1) is 0 Å². The Bertz CT molecular complexity index is 1300. The molecule has 2 aromatic carbocycles. The highest BCUT2D eigenvalue weighted by molar-refractivity contribution is 5.91. The summed E-state index contributed by atoms with van der Waals surface area (Å²) in [6.45, 7) is 7.12. The molecule has 210 valence electrons. The summed E-state index contributed by atoms with van der Waals surface area (Å²) in [5, 5.41) is 11.7. The Morgan fingerprint density at radius 1 is 1.08 bits per heavy atom. The first-order valence-electron chi connectivity index (χ1n) is 13.5. The number of amides is 2. The minimum absolute atomic E-state index is 0.00496. The average Bonchev–Trinajstić information content (AvgIpc) is 3.46. The third-order valence-electron chi connectivity index (χ3n) is 7.34. The van der Waals surface area contributed by atoms with Crippen LogP contribution in [-0.2, 0) is 29.2 Å². The number of halogens is 2. The van der Waals surface area contributed by atoms with Crippen LogP contribution in [0.2, 0.25) is 0 Å². The first-order chi connectivity index (χ1) is 18.7. The summed E-state index contributed by atoms with van der Waals surface area (Å²) < 4.78 is 27.5. The van der Waals surface area contributed by atoms with Gasteiger partial charge < -0.3 is 10.2 Å². The van der Waals surface area contributed by atoms with Gasteiger partial charge in [0.1, 0.15) is 6.54 Å². The molecule has 0 saturated carbocycles. The van der Waals surface area contributed by atoms with E-state index >= 15 is 0 Å². The molecule has 3 aromatic rings. The number of aryl methyl sites for hydroxylation is 2. The molecule has 0 radical (unpaired) electrons. The standard InChI is InChI=1S/C29H38F2N6O2/c1-5-6-9-12-32-28(38)18-35(19-29(39)34(4)36-15-22-10-7-8-11-23(22)16-36)26-14-25-24(13-20(26)2)21(3)37(33-25)17-27(30)31/h7-8,10-11,13-14,27H,5-6,9,12,15-19H2,1-4H3,(H,32,38). The molecular weight excluding hydrogens is 502 g/mol. The number of alkyl halides is 2. The van der Waals surface area contributed by atoms with Gasteiger partial charge in [-0.05, 0) is 49.1 Å². The van der Waals surface area contributed by atoms with E-state index in [9.17, 15) is 18.4 Å². The maximum Gasteiger partial charge on any atom is 0.257 e. The first-order valence-corrected chi connectivity index (χ1v) is 13.5. The molecule has 0 fully saturated rings. The van der Waals surface area contributed by atoms with Crippen molar-refractivity contribution in [2.24, 2.45) is 0 Å². The second-order valence-corrected chi connectivity index (χ2v) is 10.2. The van der Waals surface area contributed by atoms with Gasteiger partial charge in [0.2, 0.25) is 5.91 Å². The van der Waals surface area contributed by atoms with Crippen molar-refractivity contribution >= 4 is 28.4 Å². The van der Waals surface area contributed by atoms with Crippen molar-refractivity contribution in [2.45, 2.75) is 66.1 Å². The second-order valence-electron chi connectivity index (χ2n) is 10.2. The zero-order valence-electron chi connectivity index (χ0n) is 23.2. The van der Waals surface area contributed by atoms with Gasteiger partial charge in [0.05, 0.1) is 18.6 Å². The number of anilines is 1. The number of hydrogen-bond donors (Lipinski definition) is 1. The van der Waals surface area contributed by atoms with Crippen molar-refractivity contribution in [3.8, 4) is 0 Å². The number of carbonyl (C=O) groups excluding carboxylic acids is 2. The van der Waals surface area contributed by atoms with Crippen LogP contribution in [0.5, 0.6) is 0 Å². The van der Waals surface area contributed by atoms with Crippen LogP contribution in [0.4, 0.5) is 14.5 Å². The van der Waals surface area contributed by atoms with Crippen LogP contribution >= 0.6 is 0 Å². The average molecular weight is 541 g/mol. The smallest absolute Gasteiger partial charge is 0.257 e. The van der Waals surface area contributed by atoms with Crippen LogP contribution in [0.25, 0.3) is 10.9 Å². The van der Waals surface area contributed by atoms with Crippen molar-refractivity contribution in [2.75, 3.05) is 31.6 Å². The zero-order chi connectivity index (χ0) is 28.1. The lowest BCUT2D eigenvalue weighted by molar-refractivity contribution is -0.145. The van der Waals surface area contributed by atoms with Gasteiger partial charge >= 0.3 is 0 Å². The van der Waals surface area contributed by atoms with E-state index in [2.05, 4.69) is 29.5 Å². The normalized spacial score (nSPS) is 13.2. The molecule has 0 bridgehead atoms. The number of rotatable bonds is 12. The molecule has 8 nitrogen and oxygen atoms in total. The molecule has 1 N–H and O–H groups in total. The number of unbranched alkanes of at least 4 members (excludes halogenated alkanes) is 2. The molecule has 0 atom stereocenters. The summed E-state index contributed by atoms with van der Waals surface area (Å²) in [7, 11) is 1.75. The highest BCUT2D eigenvalue weighted by atomic mass is 19.3. The molecule has 0 unspecified atom stereocenters. The Kier molecular flexibility index (Phi) is 9.16. The number of hydrogen-bond acceptors (Lipinski definition) is 5. The van der Waals surface area contributed by atoms with E-state index in [1.807, 2.05) is 30.1 Å². The molecule has 1 aliphatic heterocycles. The molecule has 1 aromatic heterocycles. The van der Waals surface area contributed by atoms with Gasteiger partial charge in [0.15, 0.2) is 0 Å². The number of fused-ring (bicyclic) bond motifs is 2. The summed E-state index contributed by atoms with van der Waals surface area (Å²) in [5.41, 5.74) is 5.11. The molecule has 10 heteroatoms. The third kappa shape index (κ3) is 6.73. The monoisotopic (exact) mass is 540 g/mol. The lowest BCUT2D eigenvalue weighted by Gasteiger charge is -2.32. The van der Waals surface area contributed by atoms with Crippen LogP contribution < -0.4 is 10.2 Å². The lowest BCUT2D eigenvalue weighted by Crippen LogP contribution is -2.48. The molecule has 0 saturated heterocycles. The fraction of sp³-hybridized carbons (Fsp3) is 0.483. The van der Waals surface area contributed by atoms with E-state index in [0.29, 0.717) is 36.5 Å². The highest BCUT2D eigenvalue weighted by Gasteiger charge is 2.27. The van der Waals surface area contributed by atoms with Crippen molar-refractivity contribution in [1.82, 2.24) is 25.1 Å². The molecular formula is C29H38F2N6O2. The van der Waals surface area contributed by atoms with E-state index in [0.717, 1.165) is 30.2 Å². The van der Waals surface area contributed by atoms with Gasteiger partial charge in [-0.3, -0.25) is 19.3 Å². The van der Waals surface area contributed by atoms with Crippen LogP contribution in [0, 0.1) is 13.8 Å². The predicted octanol–water partition coefficient (Wildman–Crippen LogP) is 4.42. The van der Waals surface area contributed by atoms with E-state index < -0.39 is 13.0 Å². The summed E-state index contributed by atoms with van der Waals surface area (Å²) >= 11 is 0. The zero-order valence-corrected chi connectivity index (χ0v) is 23.2. The lowest BCUT2D eigenvalue weighted by atomic mass is 10.1. The Hall–Kier alpha value is -3.53. The maximum atomic E-state index is 13.5. The Labute approximate surface area is 228 Å². The third-order valence-corrected chi connectivity index (χ3v) is 7.34. The first kappa shape index (κ1) is 28.5. The minimum Gasteiger partial charge on any atom is -0.355 e. The quantitative estimate of drug-likeness (QED) is 0.345. The number of hydrazine groups is 1. The molecule has 39 heavy (non-hydrogen) atoms. The van der Waals surface area contributed by atoms with Gasteiger partial charge in [0.25, 0.3) is 12.3 Å². The van der Waals surface area contributed by atoms with E-state index in [-0.39, 0.29) is 24.9 Å². The molecule has 1 aliphatic rings. The van der Waals surface area contributed by atoms with E-state index in [1.165, 1.54) is 15.8 Å². The number of nitrogens with zero attached hydrogens (tertiary/aromatic N) is 5. The summed E-state index contributed by atoms with van der Waals surface area (Å²) in [5.74, 6) is -0.325. The minimum atomic E-state index is -2.52. The number of nitrogens with one attached hydrogen (secondary N) is 1. The number of carbonyl (C=O) groups is 2. The van der Waals surface area contributed by atoms with Crippen LogP contribution in [0.3, 0.4) is 0 Å². The molecule has 2 amide bonds. The van der Waals surface area contributed by atoms with Gasteiger partial charge in [-0.2, -0.15) is 5.10 Å². The topological polar surface area (TPSA) is 73.7 Å². The van der Waals surface area contributed by atoms with Crippen molar-refractivity contribution in [3.05, 3.63) is 58.8 Å². The van der Waals surface area contributed by atoms with Crippen LogP contribution in [0.1, 0.15) is 48.6 Å². The van der Waals surface area contributed by atoms with Crippen LogP contribution in [0.15, 0.2) is 36.4 Å². The molecule has 2 heterocycles.